The van der Waals surface area contributed by atoms with Gasteiger partial charge in [-0.1, -0.05) is 6.08 Å². The van der Waals surface area contributed by atoms with Gasteiger partial charge in [0.05, 0.1) is 6.54 Å². The predicted octanol–water partition coefficient (Wildman–Crippen LogP) is 0.101. The third kappa shape index (κ3) is 1.03. The van der Waals surface area contributed by atoms with Crippen LogP contribution in [0.25, 0.3) is 0 Å². The summed E-state index contributed by atoms with van der Waals surface area (Å²) in [7, 11) is 0. The minimum Gasteiger partial charge on any atom is -0.342 e. The summed E-state index contributed by atoms with van der Waals surface area (Å²) in [6, 6.07) is 0. The average Bonchev–Trinajstić information content (AvgIpc) is 1.69. The first-order valence-electron chi connectivity index (χ1n) is 2.09. The molecule has 1 amide bonds. The van der Waals surface area contributed by atoms with Gasteiger partial charge in [-0.3, -0.25) is 4.79 Å². The van der Waals surface area contributed by atoms with E-state index in [1.807, 2.05) is 0 Å². The van der Waals surface area contributed by atoms with Crippen LogP contribution >= 0.6 is 0 Å². The van der Waals surface area contributed by atoms with Gasteiger partial charge in [-0.25, -0.2) is 0 Å². The summed E-state index contributed by atoms with van der Waals surface area (Å²) in [5.74, 6) is -0.0775. The Balaban J connectivity index is 2.51. The SMILES string of the molecule is O=C1C=CC[C]N1. The van der Waals surface area contributed by atoms with E-state index >= 15 is 0 Å². The van der Waals surface area contributed by atoms with E-state index in [-0.39, 0.29) is 5.91 Å². The zero-order valence-electron chi connectivity index (χ0n) is 3.77. The van der Waals surface area contributed by atoms with Crippen LogP contribution in [0.2, 0.25) is 0 Å². The molecule has 0 saturated carbocycles. The predicted molar refractivity (Wildman–Crippen MR) is 25.1 cm³/mol. The van der Waals surface area contributed by atoms with Crippen LogP contribution in [0.5, 0.6) is 0 Å². The normalized spacial score (nSPS) is 19.1. The third-order valence-electron chi connectivity index (χ3n) is 0.701. The summed E-state index contributed by atoms with van der Waals surface area (Å²) in [4.78, 5) is 10.2. The Hall–Kier alpha value is -0.790. The van der Waals surface area contributed by atoms with Gasteiger partial charge in [0, 0.05) is 0 Å². The molecule has 0 aromatic rings. The quantitative estimate of drug-likeness (QED) is 0.454. The zero-order valence-corrected chi connectivity index (χ0v) is 3.77. The molecule has 0 atom stereocenters. The van der Waals surface area contributed by atoms with Crippen LogP contribution in [-0.4, -0.2) is 5.91 Å². The number of rotatable bonds is 0. The number of carbonyl (C=O) groups excluding carboxylic acids is 1. The van der Waals surface area contributed by atoms with Crippen LogP contribution in [-0.2, 0) is 4.79 Å². The second-order valence-corrected chi connectivity index (χ2v) is 1.27. The van der Waals surface area contributed by atoms with Crippen molar-refractivity contribution in [1.82, 2.24) is 5.32 Å². The van der Waals surface area contributed by atoms with E-state index < -0.39 is 0 Å². The van der Waals surface area contributed by atoms with Crippen molar-refractivity contribution >= 4 is 5.91 Å². The van der Waals surface area contributed by atoms with Crippen molar-refractivity contribution in [2.24, 2.45) is 0 Å². The summed E-state index contributed by atoms with van der Waals surface area (Å²) in [5.41, 5.74) is 0. The fourth-order valence-corrected chi connectivity index (χ4v) is 0.405. The number of nitrogens with one attached hydrogen (secondary N) is 1. The van der Waals surface area contributed by atoms with Crippen molar-refractivity contribution in [3.63, 3.8) is 0 Å². The van der Waals surface area contributed by atoms with Crippen LogP contribution < -0.4 is 5.32 Å². The molecule has 0 aromatic heterocycles. The lowest BCUT2D eigenvalue weighted by molar-refractivity contribution is -0.116. The summed E-state index contributed by atoms with van der Waals surface area (Å²) >= 11 is 0. The molecule has 36 valence electrons. The Bertz CT molecular complexity index is 107. The van der Waals surface area contributed by atoms with Crippen molar-refractivity contribution in [3.8, 4) is 0 Å². The molecule has 0 aliphatic carbocycles. The minimum absolute atomic E-state index is 0.0775. The molecule has 0 aromatic carbocycles. The van der Waals surface area contributed by atoms with E-state index in [1.54, 1.807) is 6.08 Å². The molecule has 7 heavy (non-hydrogen) atoms. The molecular formula is C5H5NO. The maximum Gasteiger partial charge on any atom is 0.244 e. The van der Waals surface area contributed by atoms with Gasteiger partial charge in [0.25, 0.3) is 0 Å². The van der Waals surface area contributed by atoms with Gasteiger partial charge in [-0.2, -0.15) is 0 Å². The second-order valence-electron chi connectivity index (χ2n) is 1.27. The molecule has 1 N–H and O–H groups in total. The molecular weight excluding hydrogens is 90.1 g/mol. The van der Waals surface area contributed by atoms with Crippen LogP contribution in [0.1, 0.15) is 6.42 Å². The van der Waals surface area contributed by atoms with Gasteiger partial charge in [0.15, 0.2) is 0 Å². The Morgan fingerprint density at radius 1 is 1.86 bits per heavy atom. The maximum absolute atomic E-state index is 10.2. The number of carbonyl (C=O) groups is 1. The van der Waals surface area contributed by atoms with Crippen LogP contribution in [0, 0.1) is 6.54 Å². The largest absolute Gasteiger partial charge is 0.342 e. The molecule has 0 bridgehead atoms. The molecule has 2 heteroatoms. The lowest BCUT2D eigenvalue weighted by Gasteiger charge is -2.00. The number of amides is 1. The molecule has 1 aliphatic heterocycles. The van der Waals surface area contributed by atoms with E-state index in [0.29, 0.717) is 0 Å². The fourth-order valence-electron chi connectivity index (χ4n) is 0.405. The van der Waals surface area contributed by atoms with Gasteiger partial charge in [-0.05, 0) is 12.5 Å². The maximum atomic E-state index is 10.2. The van der Waals surface area contributed by atoms with E-state index in [0.717, 1.165) is 6.42 Å². The summed E-state index contributed by atoms with van der Waals surface area (Å²) < 4.78 is 0. The third-order valence-corrected chi connectivity index (χ3v) is 0.701. The van der Waals surface area contributed by atoms with Crippen LogP contribution in [0.4, 0.5) is 0 Å². The highest BCUT2D eigenvalue weighted by atomic mass is 16.1. The summed E-state index contributed by atoms with van der Waals surface area (Å²) in [6.45, 7) is 2.65. The number of hydrogen-bond donors (Lipinski definition) is 1. The van der Waals surface area contributed by atoms with Crippen molar-refractivity contribution in [1.29, 1.82) is 0 Å². The molecule has 0 unspecified atom stereocenters. The lowest BCUT2D eigenvalue weighted by atomic mass is 10.3. The van der Waals surface area contributed by atoms with E-state index in [1.165, 1.54) is 6.08 Å². The Morgan fingerprint density at radius 3 is 3.00 bits per heavy atom. The smallest absolute Gasteiger partial charge is 0.244 e. The molecule has 0 saturated heterocycles. The molecule has 1 heterocycles. The molecule has 0 spiro atoms. The lowest BCUT2D eigenvalue weighted by Crippen LogP contribution is -2.20. The molecule has 1 aliphatic rings. The van der Waals surface area contributed by atoms with Gasteiger partial charge in [0.1, 0.15) is 0 Å². The Kier molecular flexibility index (Phi) is 1.11. The van der Waals surface area contributed by atoms with Crippen LogP contribution in [0.3, 0.4) is 0 Å². The van der Waals surface area contributed by atoms with Crippen molar-refractivity contribution in [2.75, 3.05) is 0 Å². The van der Waals surface area contributed by atoms with Crippen molar-refractivity contribution < 1.29 is 4.79 Å². The van der Waals surface area contributed by atoms with Gasteiger partial charge >= 0.3 is 0 Å². The molecule has 2 nitrogen and oxygen atoms in total. The Labute approximate surface area is 42.2 Å². The first-order valence-corrected chi connectivity index (χ1v) is 2.09. The molecule has 0 fully saturated rings. The molecule has 1 rings (SSSR count). The van der Waals surface area contributed by atoms with E-state index in [9.17, 15) is 4.79 Å². The first-order chi connectivity index (χ1) is 3.39. The highest BCUT2D eigenvalue weighted by molar-refractivity contribution is 5.88. The number of hydrogen-bond acceptors (Lipinski definition) is 1. The highest BCUT2D eigenvalue weighted by Crippen LogP contribution is 1.91. The monoisotopic (exact) mass is 95.0 g/mol. The van der Waals surface area contributed by atoms with Crippen molar-refractivity contribution in [2.45, 2.75) is 6.42 Å². The van der Waals surface area contributed by atoms with Gasteiger partial charge in [0.2, 0.25) is 5.91 Å². The van der Waals surface area contributed by atoms with E-state index in [4.69, 9.17) is 0 Å². The van der Waals surface area contributed by atoms with Crippen LogP contribution in [0.15, 0.2) is 12.2 Å². The van der Waals surface area contributed by atoms with Crippen molar-refractivity contribution in [3.05, 3.63) is 18.7 Å². The summed E-state index contributed by atoms with van der Waals surface area (Å²) in [6.07, 6.45) is 3.99. The highest BCUT2D eigenvalue weighted by Gasteiger charge is 1.97. The Morgan fingerprint density at radius 2 is 2.71 bits per heavy atom. The fraction of sp³-hybridized carbons (Fsp3) is 0.200. The van der Waals surface area contributed by atoms with E-state index in [2.05, 4.69) is 11.9 Å². The average molecular weight is 95.1 g/mol. The molecule has 2 radical (unpaired) electrons. The second kappa shape index (κ2) is 1.78. The zero-order chi connectivity index (χ0) is 5.11. The van der Waals surface area contributed by atoms with Gasteiger partial charge in [-0.15, -0.1) is 0 Å². The summed E-state index contributed by atoms with van der Waals surface area (Å²) in [5, 5.41) is 2.41. The standard InChI is InChI=1S/C5H5NO/c7-5-3-1-2-4-6-5/h1,3H,2H2,(H,6,7). The van der Waals surface area contributed by atoms with Gasteiger partial charge < -0.3 is 5.32 Å². The minimum atomic E-state index is -0.0775. The first kappa shape index (κ1) is 4.37. The topological polar surface area (TPSA) is 29.1 Å².